The first-order valence-electron chi connectivity index (χ1n) is 8.10. The smallest absolute Gasteiger partial charge is 0.204 e. The Bertz CT molecular complexity index is 688. The number of furan rings is 1. The number of piperazine rings is 1. The summed E-state index contributed by atoms with van der Waals surface area (Å²) >= 11 is 0. The van der Waals surface area contributed by atoms with Gasteiger partial charge < -0.3 is 14.1 Å². The van der Waals surface area contributed by atoms with Crippen molar-refractivity contribution in [2.24, 2.45) is 0 Å². The topological polar surface area (TPSA) is 45.9 Å². The van der Waals surface area contributed by atoms with E-state index in [1.165, 1.54) is 0 Å². The molecule has 0 amide bonds. The number of ketones is 1. The highest BCUT2D eigenvalue weighted by Crippen LogP contribution is 2.36. The zero-order valence-corrected chi connectivity index (χ0v) is 13.0. The molecule has 0 N–H and O–H groups in total. The Balaban J connectivity index is 1.38. The van der Waals surface area contributed by atoms with Crippen LogP contribution in [0.25, 0.3) is 0 Å². The highest BCUT2D eigenvalue weighted by molar-refractivity contribution is 6.04. The quantitative estimate of drug-likeness (QED) is 0.866. The molecule has 0 aliphatic carbocycles. The van der Waals surface area contributed by atoms with Gasteiger partial charge in [-0.05, 0) is 24.3 Å². The van der Waals surface area contributed by atoms with Crippen LogP contribution < -0.4 is 9.64 Å². The van der Waals surface area contributed by atoms with Crippen LogP contribution in [-0.4, -0.2) is 50.0 Å². The van der Waals surface area contributed by atoms with Crippen LogP contribution in [0.1, 0.15) is 16.1 Å². The lowest BCUT2D eigenvalue weighted by atomic mass is 10.1. The molecule has 1 aromatic carbocycles. The molecule has 120 valence electrons. The van der Waals surface area contributed by atoms with Gasteiger partial charge in [0, 0.05) is 39.1 Å². The van der Waals surface area contributed by atoms with Crippen LogP contribution in [0.15, 0.2) is 41.0 Å². The van der Waals surface area contributed by atoms with Crippen molar-refractivity contribution < 1.29 is 13.9 Å². The van der Waals surface area contributed by atoms with Crippen molar-refractivity contribution in [2.45, 2.75) is 6.42 Å². The number of hydrogen-bond acceptors (Lipinski definition) is 5. The van der Waals surface area contributed by atoms with E-state index in [4.69, 9.17) is 9.15 Å². The number of carbonyl (C=O) groups excluding carboxylic acids is 1. The monoisotopic (exact) mass is 312 g/mol. The highest BCUT2D eigenvalue weighted by atomic mass is 16.5. The van der Waals surface area contributed by atoms with Gasteiger partial charge >= 0.3 is 0 Å². The number of nitrogens with zero attached hydrogens (tertiary/aromatic N) is 2. The lowest BCUT2D eigenvalue weighted by molar-refractivity contribution is 0.0961. The van der Waals surface area contributed by atoms with Gasteiger partial charge in [-0.25, -0.2) is 0 Å². The summed E-state index contributed by atoms with van der Waals surface area (Å²) in [4.78, 5) is 16.6. The van der Waals surface area contributed by atoms with Crippen LogP contribution >= 0.6 is 0 Å². The predicted octanol–water partition coefficient (Wildman–Crippen LogP) is 2.22. The van der Waals surface area contributed by atoms with Crippen LogP contribution in [0.2, 0.25) is 0 Å². The lowest BCUT2D eigenvalue weighted by Gasteiger charge is -2.36. The number of fused-ring (bicyclic) bond motifs is 1. The molecule has 0 atom stereocenters. The average Bonchev–Trinajstić information content (AvgIpc) is 3.24. The van der Waals surface area contributed by atoms with Gasteiger partial charge in [-0.1, -0.05) is 6.07 Å². The molecule has 2 aliphatic heterocycles. The molecule has 23 heavy (non-hydrogen) atoms. The van der Waals surface area contributed by atoms with Crippen LogP contribution in [0.5, 0.6) is 5.75 Å². The number of anilines is 1. The fourth-order valence-electron chi connectivity index (χ4n) is 3.30. The zero-order valence-electron chi connectivity index (χ0n) is 13.0. The van der Waals surface area contributed by atoms with Crippen molar-refractivity contribution in [1.82, 2.24) is 4.90 Å². The van der Waals surface area contributed by atoms with Gasteiger partial charge in [0.2, 0.25) is 5.78 Å². The standard InChI is InChI=1S/C18H20N2O3/c21-17-13-23-18-15(17)4-1-5-16(18)20-10-8-19(9-11-20)7-6-14-3-2-12-22-14/h1-5,12H,6-11,13H2. The minimum atomic E-state index is 0.0823. The third kappa shape index (κ3) is 2.84. The molecule has 0 unspecified atom stereocenters. The Hall–Kier alpha value is -2.27. The molecular weight excluding hydrogens is 292 g/mol. The SMILES string of the molecule is O=C1COc2c1cccc2N1CCN(CCc2ccco2)CC1. The molecule has 0 radical (unpaired) electrons. The van der Waals surface area contributed by atoms with Gasteiger partial charge in [-0.15, -0.1) is 0 Å². The maximum Gasteiger partial charge on any atom is 0.204 e. The van der Waals surface area contributed by atoms with E-state index in [-0.39, 0.29) is 12.4 Å². The molecule has 3 heterocycles. The molecule has 5 heteroatoms. The van der Waals surface area contributed by atoms with Crippen molar-refractivity contribution in [3.8, 4) is 5.75 Å². The van der Waals surface area contributed by atoms with E-state index in [0.717, 1.165) is 61.9 Å². The third-order valence-electron chi connectivity index (χ3n) is 4.61. The van der Waals surface area contributed by atoms with Crippen LogP contribution in [0.4, 0.5) is 5.69 Å². The predicted molar refractivity (Wildman–Crippen MR) is 87.3 cm³/mol. The third-order valence-corrected chi connectivity index (χ3v) is 4.61. The number of rotatable bonds is 4. The van der Waals surface area contributed by atoms with Crippen molar-refractivity contribution >= 4 is 11.5 Å². The Labute approximate surface area is 135 Å². The lowest BCUT2D eigenvalue weighted by Crippen LogP contribution is -2.47. The number of carbonyl (C=O) groups is 1. The van der Waals surface area contributed by atoms with Crippen molar-refractivity contribution in [2.75, 3.05) is 44.2 Å². The number of ether oxygens (including phenoxy) is 1. The minimum Gasteiger partial charge on any atom is -0.482 e. The molecule has 4 rings (SSSR count). The highest BCUT2D eigenvalue weighted by Gasteiger charge is 2.27. The van der Waals surface area contributed by atoms with Crippen LogP contribution in [-0.2, 0) is 6.42 Å². The Morgan fingerprint density at radius 2 is 1.91 bits per heavy atom. The van der Waals surface area contributed by atoms with Gasteiger partial charge in [0.15, 0.2) is 12.4 Å². The van der Waals surface area contributed by atoms with Gasteiger partial charge in [0.25, 0.3) is 0 Å². The first-order chi connectivity index (χ1) is 11.3. The van der Waals surface area contributed by atoms with Crippen LogP contribution in [0, 0.1) is 0 Å². The second-order valence-electron chi connectivity index (χ2n) is 6.02. The largest absolute Gasteiger partial charge is 0.482 e. The minimum absolute atomic E-state index is 0.0823. The summed E-state index contributed by atoms with van der Waals surface area (Å²) in [6, 6.07) is 9.82. The summed E-state index contributed by atoms with van der Waals surface area (Å²) < 4.78 is 11.0. The molecule has 1 saturated heterocycles. The van der Waals surface area contributed by atoms with E-state index < -0.39 is 0 Å². The summed E-state index contributed by atoms with van der Waals surface area (Å²) in [7, 11) is 0. The molecule has 0 spiro atoms. The zero-order chi connectivity index (χ0) is 15.6. The van der Waals surface area contributed by atoms with E-state index in [1.54, 1.807) is 6.26 Å². The summed E-state index contributed by atoms with van der Waals surface area (Å²) in [6.07, 6.45) is 2.68. The summed E-state index contributed by atoms with van der Waals surface area (Å²) in [6.45, 7) is 5.12. The van der Waals surface area contributed by atoms with E-state index in [0.29, 0.717) is 0 Å². The summed E-state index contributed by atoms with van der Waals surface area (Å²) in [5.41, 5.74) is 1.78. The van der Waals surface area contributed by atoms with Crippen molar-refractivity contribution in [1.29, 1.82) is 0 Å². The molecule has 0 bridgehead atoms. The maximum absolute atomic E-state index is 11.8. The van der Waals surface area contributed by atoms with Gasteiger partial charge in [-0.3, -0.25) is 9.69 Å². The Morgan fingerprint density at radius 1 is 1.04 bits per heavy atom. The average molecular weight is 312 g/mol. The summed E-state index contributed by atoms with van der Waals surface area (Å²) in [5, 5.41) is 0. The van der Waals surface area contributed by atoms with Gasteiger partial charge in [-0.2, -0.15) is 0 Å². The molecule has 2 aliphatic rings. The fraction of sp³-hybridized carbons (Fsp3) is 0.389. The fourth-order valence-corrected chi connectivity index (χ4v) is 3.30. The van der Waals surface area contributed by atoms with Crippen LogP contribution in [0.3, 0.4) is 0 Å². The number of Topliss-reactive ketones (excluding diaryl/α,β-unsaturated/α-hetero) is 1. The van der Waals surface area contributed by atoms with E-state index in [1.807, 2.05) is 24.3 Å². The Kier molecular flexibility index (Phi) is 3.79. The molecular formula is C18H20N2O3. The van der Waals surface area contributed by atoms with Gasteiger partial charge in [0.1, 0.15) is 5.76 Å². The van der Waals surface area contributed by atoms with Gasteiger partial charge in [0.05, 0.1) is 17.5 Å². The second kappa shape index (κ2) is 6.08. The summed E-state index contributed by atoms with van der Waals surface area (Å²) in [5.74, 6) is 1.89. The number of benzene rings is 1. The number of hydrogen-bond donors (Lipinski definition) is 0. The normalized spacial score (nSPS) is 18.1. The molecule has 1 aromatic heterocycles. The maximum atomic E-state index is 11.8. The van der Waals surface area contributed by atoms with E-state index in [2.05, 4.69) is 15.9 Å². The molecule has 2 aromatic rings. The first-order valence-corrected chi connectivity index (χ1v) is 8.10. The van der Waals surface area contributed by atoms with Crippen molar-refractivity contribution in [3.05, 3.63) is 47.9 Å². The molecule has 5 nitrogen and oxygen atoms in total. The van der Waals surface area contributed by atoms with E-state index >= 15 is 0 Å². The second-order valence-corrected chi connectivity index (χ2v) is 6.02. The number of para-hydroxylation sites is 1. The first kappa shape index (κ1) is 14.3. The Morgan fingerprint density at radius 3 is 2.70 bits per heavy atom. The molecule has 1 fully saturated rings. The molecule has 0 saturated carbocycles. The van der Waals surface area contributed by atoms with E-state index in [9.17, 15) is 4.79 Å². The van der Waals surface area contributed by atoms with Crippen molar-refractivity contribution in [3.63, 3.8) is 0 Å².